The Morgan fingerprint density at radius 3 is 1.35 bits per heavy atom. The Bertz CT molecular complexity index is 225. The molecule has 2 rings (SSSR count). The Morgan fingerprint density at radius 1 is 0.400 bits per heavy atom. The first kappa shape index (κ1) is 16.3. The van der Waals surface area contributed by atoms with E-state index < -0.39 is 0 Å². The summed E-state index contributed by atoms with van der Waals surface area (Å²) in [5, 5.41) is 0. The van der Waals surface area contributed by atoms with Crippen molar-refractivity contribution in [3.8, 4) is 0 Å². The lowest BCUT2D eigenvalue weighted by atomic mass is 9.78. The van der Waals surface area contributed by atoms with Crippen LogP contribution in [-0.4, -0.2) is 6.04 Å². The highest BCUT2D eigenvalue weighted by atomic mass is 14.6. The minimum atomic E-state index is 0.498. The molecule has 1 nitrogen and oxygen atoms in total. The van der Waals surface area contributed by atoms with E-state index >= 15 is 0 Å². The molecule has 0 aliphatic heterocycles. The van der Waals surface area contributed by atoms with Crippen LogP contribution < -0.4 is 5.73 Å². The van der Waals surface area contributed by atoms with E-state index in [-0.39, 0.29) is 0 Å². The summed E-state index contributed by atoms with van der Waals surface area (Å²) < 4.78 is 0. The molecule has 0 bridgehead atoms. The van der Waals surface area contributed by atoms with Crippen LogP contribution in [-0.2, 0) is 0 Å². The second-order valence-corrected chi connectivity index (χ2v) is 7.55. The highest BCUT2D eigenvalue weighted by molar-refractivity contribution is 4.75. The van der Waals surface area contributed by atoms with Gasteiger partial charge in [-0.1, -0.05) is 89.9 Å². The first-order chi connectivity index (χ1) is 9.86. The van der Waals surface area contributed by atoms with Gasteiger partial charge in [-0.2, -0.15) is 0 Å². The van der Waals surface area contributed by atoms with Gasteiger partial charge in [0, 0.05) is 6.04 Å². The van der Waals surface area contributed by atoms with Crippen LogP contribution in [0, 0.1) is 11.8 Å². The van der Waals surface area contributed by atoms with Crippen molar-refractivity contribution in [2.24, 2.45) is 17.6 Å². The average Bonchev–Trinajstić information content (AvgIpc) is 2.57. The van der Waals surface area contributed by atoms with E-state index in [0.29, 0.717) is 6.04 Å². The first-order valence-corrected chi connectivity index (χ1v) is 9.62. The number of rotatable bonds is 1. The van der Waals surface area contributed by atoms with E-state index in [4.69, 9.17) is 5.73 Å². The third-order valence-electron chi connectivity index (χ3n) is 5.87. The third kappa shape index (κ3) is 6.16. The van der Waals surface area contributed by atoms with Gasteiger partial charge in [0.25, 0.3) is 0 Å². The van der Waals surface area contributed by atoms with E-state index in [0.717, 1.165) is 11.8 Å². The minimum Gasteiger partial charge on any atom is -0.328 e. The van der Waals surface area contributed by atoms with Gasteiger partial charge in [-0.3, -0.25) is 0 Å². The van der Waals surface area contributed by atoms with Crippen molar-refractivity contribution >= 4 is 0 Å². The van der Waals surface area contributed by atoms with Gasteiger partial charge in [-0.25, -0.2) is 0 Å². The fourth-order valence-electron chi connectivity index (χ4n) is 4.53. The van der Waals surface area contributed by atoms with Crippen LogP contribution in [0.25, 0.3) is 0 Å². The van der Waals surface area contributed by atoms with E-state index in [1.165, 1.54) is 103 Å². The number of nitrogens with two attached hydrogens (primary N) is 1. The van der Waals surface area contributed by atoms with Gasteiger partial charge in [-0.15, -0.1) is 0 Å². The molecule has 2 N–H and O–H groups in total. The van der Waals surface area contributed by atoms with Gasteiger partial charge in [0.1, 0.15) is 0 Å². The molecule has 0 amide bonds. The number of hydrogen-bond donors (Lipinski definition) is 1. The van der Waals surface area contributed by atoms with Crippen molar-refractivity contribution in [2.75, 3.05) is 0 Å². The Kier molecular flexibility index (Phi) is 8.02. The average molecular weight is 280 g/mol. The van der Waals surface area contributed by atoms with E-state index in [1.54, 1.807) is 0 Å². The zero-order valence-corrected chi connectivity index (χ0v) is 13.6. The highest BCUT2D eigenvalue weighted by Crippen LogP contribution is 2.34. The molecule has 118 valence electrons. The van der Waals surface area contributed by atoms with Crippen molar-refractivity contribution in [3.05, 3.63) is 0 Å². The van der Waals surface area contributed by atoms with Crippen LogP contribution >= 0.6 is 0 Å². The SMILES string of the molecule is NC1CCCCC(C2CCCCCCCCC2)CCC1. The molecule has 0 saturated heterocycles. The predicted molar refractivity (Wildman–Crippen MR) is 88.8 cm³/mol. The van der Waals surface area contributed by atoms with Crippen LogP contribution in [0.5, 0.6) is 0 Å². The van der Waals surface area contributed by atoms with Crippen LogP contribution in [0.2, 0.25) is 0 Å². The topological polar surface area (TPSA) is 26.0 Å². The van der Waals surface area contributed by atoms with Gasteiger partial charge in [0.15, 0.2) is 0 Å². The molecule has 2 fully saturated rings. The fourth-order valence-corrected chi connectivity index (χ4v) is 4.53. The molecule has 20 heavy (non-hydrogen) atoms. The zero-order valence-electron chi connectivity index (χ0n) is 13.6. The summed E-state index contributed by atoms with van der Waals surface area (Å²) in [7, 11) is 0. The molecule has 0 aromatic carbocycles. The molecule has 0 spiro atoms. The maximum atomic E-state index is 6.18. The Hall–Kier alpha value is -0.0400. The molecule has 0 radical (unpaired) electrons. The van der Waals surface area contributed by atoms with Crippen LogP contribution in [0.3, 0.4) is 0 Å². The second-order valence-electron chi connectivity index (χ2n) is 7.55. The van der Waals surface area contributed by atoms with Crippen LogP contribution in [0.4, 0.5) is 0 Å². The van der Waals surface area contributed by atoms with Crippen molar-refractivity contribution in [1.82, 2.24) is 0 Å². The van der Waals surface area contributed by atoms with Crippen molar-refractivity contribution in [3.63, 3.8) is 0 Å². The summed E-state index contributed by atoms with van der Waals surface area (Å²) in [5.41, 5.74) is 6.18. The summed E-state index contributed by atoms with van der Waals surface area (Å²) in [4.78, 5) is 0. The van der Waals surface area contributed by atoms with Crippen molar-refractivity contribution < 1.29 is 0 Å². The Balaban J connectivity index is 1.83. The fraction of sp³-hybridized carbons (Fsp3) is 1.00. The second kappa shape index (κ2) is 9.82. The maximum Gasteiger partial charge on any atom is 0.00388 e. The minimum absolute atomic E-state index is 0.498. The van der Waals surface area contributed by atoms with E-state index in [1.807, 2.05) is 0 Å². The quantitative estimate of drug-likeness (QED) is 0.643. The van der Waals surface area contributed by atoms with Crippen LogP contribution in [0.1, 0.15) is 103 Å². The van der Waals surface area contributed by atoms with Crippen molar-refractivity contribution in [1.29, 1.82) is 0 Å². The monoisotopic (exact) mass is 279 g/mol. The van der Waals surface area contributed by atoms with Crippen molar-refractivity contribution in [2.45, 2.75) is 109 Å². The standard InChI is InChI=1S/C19H37N/c20-19-15-9-8-13-18(14-10-16-19)17-11-6-4-2-1-3-5-7-12-17/h17-19H,1-16,20H2. The lowest BCUT2D eigenvalue weighted by Crippen LogP contribution is -2.19. The van der Waals surface area contributed by atoms with E-state index in [9.17, 15) is 0 Å². The molecule has 2 atom stereocenters. The predicted octanol–water partition coefficient (Wildman–Crippen LogP) is 5.81. The number of hydrogen-bond acceptors (Lipinski definition) is 1. The maximum absolute atomic E-state index is 6.18. The largest absolute Gasteiger partial charge is 0.328 e. The van der Waals surface area contributed by atoms with E-state index in [2.05, 4.69) is 0 Å². The summed E-state index contributed by atoms with van der Waals surface area (Å²) in [6, 6.07) is 0.498. The van der Waals surface area contributed by atoms with Crippen LogP contribution in [0.15, 0.2) is 0 Å². The molecular weight excluding hydrogens is 242 g/mol. The molecule has 2 aliphatic rings. The molecular formula is C19H37N. The Labute approximate surface area is 127 Å². The van der Waals surface area contributed by atoms with Gasteiger partial charge in [0.05, 0.1) is 0 Å². The normalized spacial score (nSPS) is 32.9. The summed E-state index contributed by atoms with van der Waals surface area (Å²) >= 11 is 0. The van der Waals surface area contributed by atoms with Gasteiger partial charge >= 0.3 is 0 Å². The molecule has 1 heteroatoms. The van der Waals surface area contributed by atoms with Gasteiger partial charge in [0.2, 0.25) is 0 Å². The zero-order chi connectivity index (χ0) is 14.0. The summed E-state index contributed by atoms with van der Waals surface area (Å²) in [6.07, 6.45) is 23.2. The lowest BCUT2D eigenvalue weighted by molar-refractivity contribution is 0.238. The molecule has 0 aromatic heterocycles. The lowest BCUT2D eigenvalue weighted by Gasteiger charge is -2.28. The smallest absolute Gasteiger partial charge is 0.00388 e. The Morgan fingerprint density at radius 2 is 0.750 bits per heavy atom. The molecule has 0 aromatic rings. The highest BCUT2D eigenvalue weighted by Gasteiger charge is 2.22. The molecule has 2 saturated carbocycles. The van der Waals surface area contributed by atoms with Gasteiger partial charge < -0.3 is 5.73 Å². The summed E-state index contributed by atoms with van der Waals surface area (Å²) in [5.74, 6) is 2.07. The van der Waals surface area contributed by atoms with Gasteiger partial charge in [-0.05, 0) is 24.7 Å². The molecule has 2 unspecified atom stereocenters. The molecule has 0 heterocycles. The third-order valence-corrected chi connectivity index (χ3v) is 5.87. The summed E-state index contributed by atoms with van der Waals surface area (Å²) in [6.45, 7) is 0. The first-order valence-electron chi connectivity index (χ1n) is 9.62. The molecule has 2 aliphatic carbocycles.